The average molecular weight is 455 g/mol. The molecule has 0 radical (unpaired) electrons. The van der Waals surface area contributed by atoms with Crippen LogP contribution in [0.4, 0.5) is 17.6 Å². The number of carbonyl (C=O) groups excluding carboxylic acids is 1. The zero-order valence-corrected chi connectivity index (χ0v) is 17.6. The molecule has 0 spiro atoms. The lowest BCUT2D eigenvalue weighted by molar-refractivity contribution is -0.133. The summed E-state index contributed by atoms with van der Waals surface area (Å²) in [6.07, 6.45) is -5.95. The largest absolute Gasteiger partial charge is 0.339 e. The van der Waals surface area contributed by atoms with Crippen LogP contribution < -0.4 is 0 Å². The first-order valence-electron chi connectivity index (χ1n) is 9.80. The van der Waals surface area contributed by atoms with Crippen molar-refractivity contribution in [2.45, 2.75) is 32.9 Å². The molecule has 0 saturated carbocycles. The summed E-state index contributed by atoms with van der Waals surface area (Å²) in [6, 6.07) is 4.79. The van der Waals surface area contributed by atoms with Crippen LogP contribution in [0.3, 0.4) is 0 Å². The van der Waals surface area contributed by atoms with Gasteiger partial charge in [-0.15, -0.1) is 11.3 Å². The third-order valence-electron chi connectivity index (χ3n) is 5.36. The van der Waals surface area contributed by atoms with E-state index < -0.39 is 24.1 Å². The highest BCUT2D eigenvalue weighted by molar-refractivity contribution is 7.09. The molecule has 3 aromatic rings. The van der Waals surface area contributed by atoms with Gasteiger partial charge in [0, 0.05) is 43.2 Å². The molecular formula is C20H21F4N5OS. The molecule has 1 amide bonds. The number of nitrogens with zero attached hydrogens (tertiary/aromatic N) is 5. The van der Waals surface area contributed by atoms with E-state index in [0.717, 1.165) is 11.2 Å². The average Bonchev–Trinajstić information content (AvgIpc) is 3.36. The second-order valence-electron chi connectivity index (χ2n) is 7.42. The number of carbonyl (C=O) groups is 1. The molecule has 166 valence electrons. The van der Waals surface area contributed by atoms with Crippen molar-refractivity contribution >= 4 is 28.3 Å². The summed E-state index contributed by atoms with van der Waals surface area (Å²) in [7, 11) is 0. The molecule has 0 aliphatic carbocycles. The zero-order valence-electron chi connectivity index (χ0n) is 16.8. The second kappa shape index (κ2) is 8.91. The number of pyridine rings is 1. The number of alkyl halides is 4. The minimum atomic E-state index is -3.00. The first kappa shape index (κ1) is 21.7. The molecule has 1 aliphatic heterocycles. The van der Waals surface area contributed by atoms with Gasteiger partial charge in [-0.05, 0) is 24.4 Å². The van der Waals surface area contributed by atoms with E-state index in [1.165, 1.54) is 11.8 Å². The Bertz CT molecular complexity index is 1060. The zero-order chi connectivity index (χ0) is 22.1. The van der Waals surface area contributed by atoms with Gasteiger partial charge < -0.3 is 4.90 Å². The lowest BCUT2D eigenvalue weighted by atomic mass is 10.1. The van der Waals surface area contributed by atoms with Crippen LogP contribution in [0.15, 0.2) is 23.6 Å². The highest BCUT2D eigenvalue weighted by Crippen LogP contribution is 2.32. The maximum atomic E-state index is 13.5. The van der Waals surface area contributed by atoms with Gasteiger partial charge in [0.15, 0.2) is 5.65 Å². The molecule has 1 fully saturated rings. The maximum absolute atomic E-state index is 13.5. The number of aryl methyl sites for hydroxylation is 1. The summed E-state index contributed by atoms with van der Waals surface area (Å²) in [5, 5.41) is 6.20. The van der Waals surface area contributed by atoms with Crippen molar-refractivity contribution in [3.05, 3.63) is 45.4 Å². The van der Waals surface area contributed by atoms with Gasteiger partial charge in [-0.1, -0.05) is 6.07 Å². The molecule has 11 heteroatoms. The van der Waals surface area contributed by atoms with E-state index >= 15 is 0 Å². The van der Waals surface area contributed by atoms with Crippen LogP contribution in [0.5, 0.6) is 0 Å². The first-order chi connectivity index (χ1) is 14.8. The number of aromatic nitrogens is 3. The topological polar surface area (TPSA) is 54.3 Å². The number of fused-ring (bicyclic) bond motifs is 1. The fourth-order valence-electron chi connectivity index (χ4n) is 3.81. The minimum Gasteiger partial charge on any atom is -0.339 e. The Morgan fingerprint density at radius 2 is 1.90 bits per heavy atom. The fourth-order valence-corrected chi connectivity index (χ4v) is 4.55. The third-order valence-corrected chi connectivity index (χ3v) is 6.22. The van der Waals surface area contributed by atoms with Crippen LogP contribution in [0, 0.1) is 6.92 Å². The SMILES string of the molecule is Cc1nn(CC(=O)N2CCN(Cc3cccs3)CC2)c2nc(C(F)F)cc(C(F)F)c12. The van der Waals surface area contributed by atoms with E-state index in [1.807, 2.05) is 11.4 Å². The molecular weight excluding hydrogens is 434 g/mol. The lowest BCUT2D eigenvalue weighted by Gasteiger charge is -2.34. The van der Waals surface area contributed by atoms with Gasteiger partial charge >= 0.3 is 0 Å². The smallest absolute Gasteiger partial charge is 0.280 e. The minimum absolute atomic E-state index is 0.0213. The number of hydrogen-bond acceptors (Lipinski definition) is 5. The van der Waals surface area contributed by atoms with E-state index in [-0.39, 0.29) is 29.2 Å². The normalized spacial score (nSPS) is 15.5. The van der Waals surface area contributed by atoms with Crippen LogP contribution in [-0.4, -0.2) is 56.7 Å². The summed E-state index contributed by atoms with van der Waals surface area (Å²) < 4.78 is 54.5. The quantitative estimate of drug-likeness (QED) is 0.527. The number of piperazine rings is 1. The van der Waals surface area contributed by atoms with Crippen LogP contribution in [0.2, 0.25) is 0 Å². The van der Waals surface area contributed by atoms with E-state index in [1.54, 1.807) is 16.2 Å². The van der Waals surface area contributed by atoms with Gasteiger partial charge in [0.1, 0.15) is 12.2 Å². The molecule has 31 heavy (non-hydrogen) atoms. The molecule has 1 saturated heterocycles. The summed E-state index contributed by atoms with van der Waals surface area (Å²) in [5.41, 5.74) is -1.18. The molecule has 3 aromatic heterocycles. The molecule has 0 bridgehead atoms. The lowest BCUT2D eigenvalue weighted by Crippen LogP contribution is -2.49. The molecule has 4 rings (SSSR count). The second-order valence-corrected chi connectivity index (χ2v) is 8.45. The predicted molar refractivity (Wildman–Crippen MR) is 108 cm³/mol. The van der Waals surface area contributed by atoms with Gasteiger partial charge in [-0.2, -0.15) is 5.10 Å². The Morgan fingerprint density at radius 1 is 1.16 bits per heavy atom. The number of halogens is 4. The number of hydrogen-bond donors (Lipinski definition) is 0. The Hall–Kier alpha value is -2.53. The van der Waals surface area contributed by atoms with Crippen molar-refractivity contribution < 1.29 is 22.4 Å². The van der Waals surface area contributed by atoms with E-state index in [0.29, 0.717) is 32.2 Å². The summed E-state index contributed by atoms with van der Waals surface area (Å²) in [4.78, 5) is 21.8. The standard InChI is InChI=1S/C20H21F4N5OS/c1-12-17-14(18(21)22)9-15(19(23)24)25-20(17)29(26-12)11-16(30)28-6-4-27(5-7-28)10-13-3-2-8-31-13/h2-3,8-9,18-19H,4-7,10-11H2,1H3. The Morgan fingerprint density at radius 3 is 2.52 bits per heavy atom. The van der Waals surface area contributed by atoms with Gasteiger partial charge in [0.2, 0.25) is 5.91 Å². The fraction of sp³-hybridized carbons (Fsp3) is 0.450. The summed E-state index contributed by atoms with van der Waals surface area (Å²) in [6.45, 7) is 4.58. The van der Waals surface area contributed by atoms with Crippen molar-refractivity contribution in [1.29, 1.82) is 0 Å². The molecule has 0 N–H and O–H groups in total. The van der Waals surface area contributed by atoms with Crippen molar-refractivity contribution in [2.75, 3.05) is 26.2 Å². The molecule has 4 heterocycles. The molecule has 1 aliphatic rings. The Kier molecular flexibility index (Phi) is 6.24. The number of amides is 1. The van der Waals surface area contributed by atoms with Crippen molar-refractivity contribution in [1.82, 2.24) is 24.6 Å². The highest BCUT2D eigenvalue weighted by Gasteiger charge is 2.26. The van der Waals surface area contributed by atoms with Gasteiger partial charge in [0.25, 0.3) is 12.9 Å². The monoisotopic (exact) mass is 455 g/mol. The van der Waals surface area contributed by atoms with E-state index in [4.69, 9.17) is 0 Å². The summed E-state index contributed by atoms with van der Waals surface area (Å²) >= 11 is 1.69. The predicted octanol–water partition coefficient (Wildman–Crippen LogP) is 4.02. The van der Waals surface area contributed by atoms with Crippen LogP contribution in [0.25, 0.3) is 11.0 Å². The molecule has 0 atom stereocenters. The highest BCUT2D eigenvalue weighted by atomic mass is 32.1. The van der Waals surface area contributed by atoms with E-state index in [9.17, 15) is 22.4 Å². The molecule has 0 unspecified atom stereocenters. The molecule has 6 nitrogen and oxygen atoms in total. The van der Waals surface area contributed by atoms with Gasteiger partial charge in [-0.3, -0.25) is 9.69 Å². The van der Waals surface area contributed by atoms with Crippen LogP contribution >= 0.6 is 11.3 Å². The Balaban J connectivity index is 1.50. The first-order valence-corrected chi connectivity index (χ1v) is 10.7. The Labute approximate surface area is 180 Å². The van der Waals surface area contributed by atoms with Gasteiger partial charge in [-0.25, -0.2) is 27.2 Å². The van der Waals surface area contributed by atoms with Crippen LogP contribution in [-0.2, 0) is 17.9 Å². The summed E-state index contributed by atoms with van der Waals surface area (Å²) in [5.74, 6) is -0.247. The van der Waals surface area contributed by atoms with E-state index in [2.05, 4.69) is 21.0 Å². The van der Waals surface area contributed by atoms with Crippen molar-refractivity contribution in [3.63, 3.8) is 0 Å². The number of thiophene rings is 1. The third kappa shape index (κ3) is 4.57. The maximum Gasteiger partial charge on any atom is 0.280 e. The van der Waals surface area contributed by atoms with Crippen molar-refractivity contribution in [2.24, 2.45) is 0 Å². The number of rotatable bonds is 6. The van der Waals surface area contributed by atoms with Gasteiger partial charge in [0.05, 0.1) is 11.1 Å². The molecule has 0 aromatic carbocycles. The van der Waals surface area contributed by atoms with Crippen LogP contribution in [0.1, 0.15) is 34.7 Å². The van der Waals surface area contributed by atoms with Crippen molar-refractivity contribution in [3.8, 4) is 0 Å².